The van der Waals surface area contributed by atoms with Crippen molar-refractivity contribution >= 4 is 5.97 Å². The third-order valence-corrected chi connectivity index (χ3v) is 3.43. The van der Waals surface area contributed by atoms with Crippen molar-refractivity contribution in [1.29, 1.82) is 0 Å². The lowest BCUT2D eigenvalue weighted by atomic mass is 10.1. The normalized spacial score (nSPS) is 10.3. The highest BCUT2D eigenvalue weighted by Crippen LogP contribution is 2.23. The first-order valence-electron chi connectivity index (χ1n) is 6.94. The van der Waals surface area contributed by atoms with Gasteiger partial charge < -0.3 is 9.47 Å². The van der Waals surface area contributed by atoms with Crippen molar-refractivity contribution in [3.8, 4) is 11.5 Å². The van der Waals surface area contributed by atoms with Crippen LogP contribution in [0.3, 0.4) is 0 Å². The van der Waals surface area contributed by atoms with E-state index in [0.29, 0.717) is 5.75 Å². The van der Waals surface area contributed by atoms with E-state index in [2.05, 4.69) is 6.07 Å². The molecule has 0 aliphatic rings. The summed E-state index contributed by atoms with van der Waals surface area (Å²) in [5.74, 6) is 0.903. The number of hydrogen-bond donors (Lipinski definition) is 0. The van der Waals surface area contributed by atoms with E-state index >= 15 is 0 Å². The van der Waals surface area contributed by atoms with Gasteiger partial charge in [-0.25, -0.2) is 4.79 Å². The molecular formula is C18H20O3. The summed E-state index contributed by atoms with van der Waals surface area (Å²) in [6.45, 7) is 7.82. The average Bonchev–Trinajstić information content (AvgIpc) is 2.44. The van der Waals surface area contributed by atoms with Crippen molar-refractivity contribution in [2.75, 3.05) is 6.61 Å². The van der Waals surface area contributed by atoms with Gasteiger partial charge >= 0.3 is 5.97 Å². The van der Waals surface area contributed by atoms with Crippen LogP contribution in [0.15, 0.2) is 36.4 Å². The van der Waals surface area contributed by atoms with Gasteiger partial charge in [-0.15, -0.1) is 0 Å². The standard InChI is InChI=1S/C18H20O3/c1-12-9-14(3)15(4)17(10-12)20-11-18(19)21-16-8-6-5-7-13(16)2/h5-10H,11H2,1-4H3. The minimum absolute atomic E-state index is 0.0991. The number of hydrogen-bond acceptors (Lipinski definition) is 3. The fourth-order valence-corrected chi connectivity index (χ4v) is 2.11. The molecule has 0 unspecified atom stereocenters. The molecule has 0 aliphatic carbocycles. The van der Waals surface area contributed by atoms with Crippen LogP contribution in [-0.2, 0) is 4.79 Å². The zero-order valence-electron chi connectivity index (χ0n) is 12.9. The second-order valence-corrected chi connectivity index (χ2v) is 5.23. The molecule has 0 aromatic heterocycles. The smallest absolute Gasteiger partial charge is 0.349 e. The van der Waals surface area contributed by atoms with Crippen LogP contribution in [0.25, 0.3) is 0 Å². The van der Waals surface area contributed by atoms with Crippen LogP contribution in [-0.4, -0.2) is 12.6 Å². The Morgan fingerprint density at radius 3 is 2.38 bits per heavy atom. The highest BCUT2D eigenvalue weighted by atomic mass is 16.6. The molecule has 0 bridgehead atoms. The zero-order chi connectivity index (χ0) is 15.4. The molecule has 2 rings (SSSR count). The minimum Gasteiger partial charge on any atom is -0.482 e. The second kappa shape index (κ2) is 6.44. The van der Waals surface area contributed by atoms with Crippen molar-refractivity contribution in [3.05, 3.63) is 58.7 Å². The Morgan fingerprint density at radius 1 is 0.952 bits per heavy atom. The molecule has 0 N–H and O–H groups in total. The van der Waals surface area contributed by atoms with E-state index in [4.69, 9.17) is 9.47 Å². The SMILES string of the molecule is Cc1cc(C)c(C)c(OCC(=O)Oc2ccccc2C)c1. The largest absolute Gasteiger partial charge is 0.482 e. The van der Waals surface area contributed by atoms with E-state index in [1.807, 2.05) is 52.0 Å². The predicted molar refractivity (Wildman–Crippen MR) is 83.0 cm³/mol. The first-order chi connectivity index (χ1) is 9.97. The summed E-state index contributed by atoms with van der Waals surface area (Å²) in [7, 11) is 0. The van der Waals surface area contributed by atoms with Crippen LogP contribution < -0.4 is 9.47 Å². The molecule has 0 spiro atoms. The molecule has 2 aromatic carbocycles. The number of esters is 1. The highest BCUT2D eigenvalue weighted by Gasteiger charge is 2.10. The van der Waals surface area contributed by atoms with E-state index in [1.165, 1.54) is 0 Å². The quantitative estimate of drug-likeness (QED) is 0.631. The maximum Gasteiger partial charge on any atom is 0.349 e. The van der Waals surface area contributed by atoms with Crippen LogP contribution in [0.4, 0.5) is 0 Å². The fourth-order valence-electron chi connectivity index (χ4n) is 2.11. The van der Waals surface area contributed by atoms with E-state index in [9.17, 15) is 4.79 Å². The Hall–Kier alpha value is -2.29. The topological polar surface area (TPSA) is 35.5 Å². The van der Waals surface area contributed by atoms with Gasteiger partial charge in [0, 0.05) is 0 Å². The third-order valence-electron chi connectivity index (χ3n) is 3.43. The number of carbonyl (C=O) groups is 1. The molecule has 0 heterocycles. The molecule has 2 aromatic rings. The van der Waals surface area contributed by atoms with Gasteiger partial charge in [-0.05, 0) is 62.1 Å². The summed E-state index contributed by atoms with van der Waals surface area (Å²) in [5, 5.41) is 0. The number of ether oxygens (including phenoxy) is 2. The van der Waals surface area contributed by atoms with Gasteiger partial charge in [0.25, 0.3) is 0 Å². The minimum atomic E-state index is -0.400. The fraction of sp³-hybridized carbons (Fsp3) is 0.278. The van der Waals surface area contributed by atoms with Crippen LogP contribution >= 0.6 is 0 Å². The highest BCUT2D eigenvalue weighted by molar-refractivity contribution is 5.74. The van der Waals surface area contributed by atoms with Crippen molar-refractivity contribution in [2.24, 2.45) is 0 Å². The lowest BCUT2D eigenvalue weighted by Gasteiger charge is -2.12. The molecule has 3 nitrogen and oxygen atoms in total. The summed E-state index contributed by atoms with van der Waals surface area (Å²) in [4.78, 5) is 11.9. The van der Waals surface area contributed by atoms with Crippen LogP contribution in [0.5, 0.6) is 11.5 Å². The molecule has 110 valence electrons. The molecule has 0 saturated heterocycles. The molecule has 0 saturated carbocycles. The van der Waals surface area contributed by atoms with Gasteiger partial charge in [0.2, 0.25) is 0 Å². The summed E-state index contributed by atoms with van der Waals surface area (Å²) < 4.78 is 10.9. The Labute approximate surface area is 125 Å². The third kappa shape index (κ3) is 3.85. The van der Waals surface area contributed by atoms with Gasteiger partial charge in [-0.3, -0.25) is 0 Å². The number of carbonyl (C=O) groups excluding carboxylic acids is 1. The molecule has 0 fully saturated rings. The van der Waals surface area contributed by atoms with E-state index in [-0.39, 0.29) is 6.61 Å². The molecule has 0 aliphatic heterocycles. The lowest BCUT2D eigenvalue weighted by Crippen LogP contribution is -2.18. The average molecular weight is 284 g/mol. The molecule has 21 heavy (non-hydrogen) atoms. The Morgan fingerprint density at radius 2 is 1.67 bits per heavy atom. The molecule has 0 atom stereocenters. The Kier molecular flexibility index (Phi) is 4.63. The van der Waals surface area contributed by atoms with Crippen molar-refractivity contribution < 1.29 is 14.3 Å². The van der Waals surface area contributed by atoms with Crippen LogP contribution in [0.1, 0.15) is 22.3 Å². The molecular weight excluding hydrogens is 264 g/mol. The molecule has 0 radical (unpaired) electrons. The summed E-state index contributed by atoms with van der Waals surface area (Å²) in [6, 6.07) is 11.4. The van der Waals surface area contributed by atoms with Crippen molar-refractivity contribution in [2.45, 2.75) is 27.7 Å². The second-order valence-electron chi connectivity index (χ2n) is 5.23. The maximum absolute atomic E-state index is 11.9. The van der Waals surface area contributed by atoms with Crippen LogP contribution in [0.2, 0.25) is 0 Å². The van der Waals surface area contributed by atoms with Gasteiger partial charge in [-0.1, -0.05) is 24.3 Å². The van der Waals surface area contributed by atoms with Crippen molar-refractivity contribution in [1.82, 2.24) is 0 Å². The summed E-state index contributed by atoms with van der Waals surface area (Å²) in [5.41, 5.74) is 4.23. The van der Waals surface area contributed by atoms with E-state index < -0.39 is 5.97 Å². The van der Waals surface area contributed by atoms with Gasteiger partial charge in [0.1, 0.15) is 11.5 Å². The predicted octanol–water partition coefficient (Wildman–Crippen LogP) is 3.90. The number of aryl methyl sites for hydroxylation is 3. The number of rotatable bonds is 4. The Bertz CT molecular complexity index is 660. The summed E-state index contributed by atoms with van der Waals surface area (Å²) in [6.07, 6.45) is 0. The van der Waals surface area contributed by atoms with Gasteiger partial charge in [0.05, 0.1) is 0 Å². The van der Waals surface area contributed by atoms with Crippen LogP contribution in [0, 0.1) is 27.7 Å². The first kappa shape index (κ1) is 15.1. The molecule has 0 amide bonds. The molecule has 3 heteroatoms. The zero-order valence-corrected chi connectivity index (χ0v) is 12.9. The first-order valence-corrected chi connectivity index (χ1v) is 6.94. The number of para-hydroxylation sites is 1. The lowest BCUT2D eigenvalue weighted by molar-refractivity contribution is -0.136. The van der Waals surface area contributed by atoms with Crippen molar-refractivity contribution in [3.63, 3.8) is 0 Å². The summed E-state index contributed by atoms with van der Waals surface area (Å²) >= 11 is 0. The van der Waals surface area contributed by atoms with Gasteiger partial charge in [0.15, 0.2) is 6.61 Å². The van der Waals surface area contributed by atoms with E-state index in [0.717, 1.165) is 28.0 Å². The monoisotopic (exact) mass is 284 g/mol. The maximum atomic E-state index is 11.9. The van der Waals surface area contributed by atoms with Gasteiger partial charge in [-0.2, -0.15) is 0 Å². The Balaban J connectivity index is 2.00. The number of benzene rings is 2. The van der Waals surface area contributed by atoms with E-state index in [1.54, 1.807) is 6.07 Å².